The van der Waals surface area contributed by atoms with Gasteiger partial charge in [0.1, 0.15) is 0 Å². The van der Waals surface area contributed by atoms with Gasteiger partial charge in [0, 0.05) is 0 Å². The summed E-state index contributed by atoms with van der Waals surface area (Å²) >= 11 is 0. The predicted molar refractivity (Wildman–Crippen MR) is 117 cm³/mol. The Morgan fingerprint density at radius 3 is 2.59 bits per heavy atom. The highest BCUT2D eigenvalue weighted by Gasteiger charge is 2.57. The van der Waals surface area contributed by atoms with Crippen molar-refractivity contribution in [2.75, 3.05) is 0 Å². The van der Waals surface area contributed by atoms with Gasteiger partial charge in [0.05, 0.1) is 6.10 Å². The minimum Gasteiger partial charge on any atom is -0.388 e. The lowest BCUT2D eigenvalue weighted by Crippen LogP contribution is -2.41. The van der Waals surface area contributed by atoms with E-state index in [-0.39, 0.29) is 6.10 Å². The quantitative estimate of drug-likeness (QED) is 0.522. The zero-order valence-electron chi connectivity index (χ0n) is 18.1. The van der Waals surface area contributed by atoms with Gasteiger partial charge < -0.3 is 5.11 Å². The van der Waals surface area contributed by atoms with Gasteiger partial charge in [-0.25, -0.2) is 0 Å². The highest BCUT2D eigenvalue weighted by atomic mass is 16.3. The standard InChI is InChI=1S/C26H40O/c1-7-18(3)23-13-15-25(5)22(10-9-14-26(23,25)6)12-11-20-16-21(8-2)19(4)24(27)17-20/h11-12,21,23-24,27H,3-4,7-10,13-17H2,1-2,5-6H3/b20-11+,22-12+/t21?,23-,24-,25+,26?/m1/s1. The molecule has 3 rings (SSSR count). The number of hydrogen-bond donors (Lipinski definition) is 1. The molecule has 3 fully saturated rings. The fourth-order valence-electron chi connectivity index (χ4n) is 6.43. The summed E-state index contributed by atoms with van der Waals surface area (Å²) in [5, 5.41) is 10.4. The topological polar surface area (TPSA) is 20.2 Å². The van der Waals surface area contributed by atoms with E-state index in [9.17, 15) is 5.11 Å². The molecule has 0 bridgehead atoms. The van der Waals surface area contributed by atoms with Crippen LogP contribution in [0.2, 0.25) is 0 Å². The molecule has 3 aliphatic rings. The van der Waals surface area contributed by atoms with Crippen LogP contribution in [0, 0.1) is 22.7 Å². The van der Waals surface area contributed by atoms with Crippen molar-refractivity contribution in [2.24, 2.45) is 22.7 Å². The van der Waals surface area contributed by atoms with Crippen LogP contribution in [-0.2, 0) is 0 Å². The van der Waals surface area contributed by atoms with Crippen molar-refractivity contribution in [3.8, 4) is 0 Å². The van der Waals surface area contributed by atoms with E-state index in [4.69, 9.17) is 0 Å². The maximum absolute atomic E-state index is 10.4. The normalized spacial score (nSPS) is 42.6. The number of aliphatic hydroxyl groups is 1. The molecular weight excluding hydrogens is 328 g/mol. The first-order chi connectivity index (χ1) is 12.8. The van der Waals surface area contributed by atoms with Crippen molar-refractivity contribution in [1.29, 1.82) is 0 Å². The molecule has 0 aliphatic heterocycles. The third-order valence-electron chi connectivity index (χ3n) is 8.69. The molecule has 0 heterocycles. The maximum atomic E-state index is 10.4. The number of allylic oxidation sites excluding steroid dienone is 4. The van der Waals surface area contributed by atoms with Crippen LogP contribution in [0.4, 0.5) is 0 Å². The van der Waals surface area contributed by atoms with E-state index < -0.39 is 0 Å². The van der Waals surface area contributed by atoms with E-state index in [0.29, 0.717) is 22.7 Å². The second-order valence-electron chi connectivity index (χ2n) is 9.83. The Hall–Kier alpha value is -1.08. The first-order valence-electron chi connectivity index (χ1n) is 11.2. The molecule has 27 heavy (non-hydrogen) atoms. The van der Waals surface area contributed by atoms with Crippen LogP contribution in [-0.4, -0.2) is 11.2 Å². The molecular formula is C26H40O. The van der Waals surface area contributed by atoms with Crippen LogP contribution in [0.1, 0.15) is 85.5 Å². The summed E-state index contributed by atoms with van der Waals surface area (Å²) in [6, 6.07) is 0. The van der Waals surface area contributed by atoms with Crippen molar-refractivity contribution >= 4 is 0 Å². The van der Waals surface area contributed by atoms with Gasteiger partial charge in [0.25, 0.3) is 0 Å². The summed E-state index contributed by atoms with van der Waals surface area (Å²) in [6.45, 7) is 18.1. The SMILES string of the molecule is C=C1C(CC)C/C(=C\C=C2/CCCC3(C)[C@@H](C(=C)CC)CC[C@@]23C)C[C@H]1O. The van der Waals surface area contributed by atoms with Crippen LogP contribution in [0.15, 0.2) is 47.6 Å². The lowest BCUT2D eigenvalue weighted by molar-refractivity contribution is 0.0737. The van der Waals surface area contributed by atoms with Crippen LogP contribution >= 0.6 is 0 Å². The van der Waals surface area contributed by atoms with Gasteiger partial charge in [-0.2, -0.15) is 0 Å². The van der Waals surface area contributed by atoms with Gasteiger partial charge in [-0.3, -0.25) is 0 Å². The van der Waals surface area contributed by atoms with Crippen LogP contribution in [0.3, 0.4) is 0 Å². The van der Waals surface area contributed by atoms with E-state index in [1.54, 1.807) is 5.57 Å². The van der Waals surface area contributed by atoms with E-state index in [1.165, 1.54) is 43.3 Å². The molecule has 0 spiro atoms. The second kappa shape index (κ2) is 7.74. The van der Waals surface area contributed by atoms with E-state index in [0.717, 1.165) is 31.3 Å². The van der Waals surface area contributed by atoms with E-state index in [1.807, 2.05) is 0 Å². The van der Waals surface area contributed by atoms with Crippen molar-refractivity contribution in [2.45, 2.75) is 91.6 Å². The molecule has 0 aromatic heterocycles. The Morgan fingerprint density at radius 2 is 1.93 bits per heavy atom. The van der Waals surface area contributed by atoms with Gasteiger partial charge in [-0.1, -0.05) is 69.7 Å². The molecule has 3 saturated carbocycles. The lowest BCUT2D eigenvalue weighted by atomic mass is 9.54. The first kappa shape index (κ1) is 20.6. The summed E-state index contributed by atoms with van der Waals surface area (Å²) < 4.78 is 0. The number of hydrogen-bond acceptors (Lipinski definition) is 1. The van der Waals surface area contributed by atoms with Crippen LogP contribution in [0.25, 0.3) is 0 Å². The summed E-state index contributed by atoms with van der Waals surface area (Å²) in [5.74, 6) is 1.11. The summed E-state index contributed by atoms with van der Waals surface area (Å²) in [5.41, 5.74) is 6.19. The van der Waals surface area contributed by atoms with Crippen molar-refractivity contribution < 1.29 is 5.11 Å². The van der Waals surface area contributed by atoms with Crippen molar-refractivity contribution in [3.63, 3.8) is 0 Å². The maximum Gasteiger partial charge on any atom is 0.0787 e. The Labute approximate surface area is 167 Å². The fourth-order valence-corrected chi connectivity index (χ4v) is 6.43. The molecule has 150 valence electrons. The van der Waals surface area contributed by atoms with Crippen molar-refractivity contribution in [3.05, 3.63) is 47.6 Å². The van der Waals surface area contributed by atoms with Gasteiger partial charge in [-0.15, -0.1) is 0 Å². The largest absolute Gasteiger partial charge is 0.388 e. The van der Waals surface area contributed by atoms with Crippen LogP contribution < -0.4 is 0 Å². The zero-order chi connectivity index (χ0) is 19.8. The molecule has 0 saturated heterocycles. The Morgan fingerprint density at radius 1 is 1.19 bits per heavy atom. The molecule has 5 atom stereocenters. The summed E-state index contributed by atoms with van der Waals surface area (Å²) in [6.07, 6.45) is 14.9. The van der Waals surface area contributed by atoms with Gasteiger partial charge in [0.2, 0.25) is 0 Å². The van der Waals surface area contributed by atoms with Gasteiger partial charge in [-0.05, 0) is 86.0 Å². The first-order valence-corrected chi connectivity index (χ1v) is 11.2. The smallest absolute Gasteiger partial charge is 0.0787 e. The molecule has 3 aliphatic carbocycles. The second-order valence-corrected chi connectivity index (χ2v) is 9.83. The number of aliphatic hydroxyl groups excluding tert-OH is 1. The molecule has 1 heteroatoms. The van der Waals surface area contributed by atoms with Crippen LogP contribution in [0.5, 0.6) is 0 Å². The fraction of sp³-hybridized carbons (Fsp3) is 0.692. The number of fused-ring (bicyclic) bond motifs is 1. The van der Waals surface area contributed by atoms with E-state index >= 15 is 0 Å². The predicted octanol–water partition coefficient (Wildman–Crippen LogP) is 7.15. The van der Waals surface area contributed by atoms with Crippen molar-refractivity contribution in [1.82, 2.24) is 0 Å². The minimum absolute atomic E-state index is 0.298. The Balaban J connectivity index is 1.87. The molecule has 0 aromatic carbocycles. The molecule has 1 nitrogen and oxygen atoms in total. The molecule has 0 amide bonds. The monoisotopic (exact) mass is 368 g/mol. The van der Waals surface area contributed by atoms with Gasteiger partial charge in [0.15, 0.2) is 0 Å². The Kier molecular flexibility index (Phi) is 5.92. The molecule has 0 aromatic rings. The molecule has 0 radical (unpaired) electrons. The average Bonchev–Trinajstić information content (AvgIpc) is 2.93. The lowest BCUT2D eigenvalue weighted by Gasteiger charge is -2.50. The zero-order valence-corrected chi connectivity index (χ0v) is 18.1. The third kappa shape index (κ3) is 3.41. The highest BCUT2D eigenvalue weighted by Crippen LogP contribution is 2.66. The average molecular weight is 369 g/mol. The molecule has 1 N–H and O–H groups in total. The third-order valence-corrected chi connectivity index (χ3v) is 8.69. The summed E-state index contributed by atoms with van der Waals surface area (Å²) in [4.78, 5) is 0. The van der Waals surface area contributed by atoms with E-state index in [2.05, 4.69) is 53.0 Å². The Bertz CT molecular complexity index is 666. The minimum atomic E-state index is -0.357. The highest BCUT2D eigenvalue weighted by molar-refractivity contribution is 5.33. The molecule has 2 unspecified atom stereocenters. The number of rotatable bonds is 4. The van der Waals surface area contributed by atoms with Gasteiger partial charge >= 0.3 is 0 Å². The summed E-state index contributed by atoms with van der Waals surface area (Å²) in [7, 11) is 0.